The molecule has 2 rings (SSSR count). The van der Waals surface area contributed by atoms with Crippen LogP contribution in [0.3, 0.4) is 0 Å². The quantitative estimate of drug-likeness (QED) is 0.872. The molecule has 0 aromatic heterocycles. The molecule has 1 saturated heterocycles. The first-order chi connectivity index (χ1) is 11.1. The molecule has 0 aliphatic carbocycles. The zero-order valence-electron chi connectivity index (χ0n) is 14.8. The first-order valence-electron chi connectivity index (χ1n) is 8.95. The Bertz CT molecular complexity index is 499. The first-order valence-corrected chi connectivity index (χ1v) is 8.95. The van der Waals surface area contributed by atoms with Crippen LogP contribution in [-0.2, 0) is 13.1 Å². The molecule has 1 unspecified atom stereocenters. The minimum Gasteiger partial charge on any atom is -0.334 e. The van der Waals surface area contributed by atoms with E-state index in [1.54, 1.807) is 0 Å². The third kappa shape index (κ3) is 5.24. The second-order valence-corrected chi connectivity index (χ2v) is 6.58. The van der Waals surface area contributed by atoms with Crippen LogP contribution in [0.1, 0.15) is 44.7 Å². The van der Waals surface area contributed by atoms with Crippen LogP contribution in [0.25, 0.3) is 0 Å². The Morgan fingerprint density at radius 2 is 1.96 bits per heavy atom. The minimum absolute atomic E-state index is 0.0780. The van der Waals surface area contributed by atoms with Gasteiger partial charge in [-0.2, -0.15) is 0 Å². The predicted octanol–water partition coefficient (Wildman–Crippen LogP) is 3.47. The minimum atomic E-state index is 0.0780. The number of carbonyl (C=O) groups is 1. The lowest BCUT2D eigenvalue weighted by Gasteiger charge is -2.31. The molecule has 1 aromatic rings. The summed E-state index contributed by atoms with van der Waals surface area (Å²) in [6.07, 6.45) is 2.35. The molecule has 1 aliphatic rings. The highest BCUT2D eigenvalue weighted by Crippen LogP contribution is 2.16. The normalized spacial score (nSPS) is 18.3. The largest absolute Gasteiger partial charge is 0.334 e. The van der Waals surface area contributed by atoms with Crippen molar-refractivity contribution in [1.82, 2.24) is 15.1 Å². The number of urea groups is 1. The summed E-state index contributed by atoms with van der Waals surface area (Å²) in [5.74, 6) is 0.615. The van der Waals surface area contributed by atoms with E-state index in [2.05, 4.69) is 55.3 Å². The molecule has 2 amide bonds. The van der Waals surface area contributed by atoms with Gasteiger partial charge in [0, 0.05) is 26.2 Å². The third-order valence-electron chi connectivity index (χ3n) is 4.78. The molecule has 1 fully saturated rings. The van der Waals surface area contributed by atoms with Crippen LogP contribution in [0.4, 0.5) is 4.79 Å². The summed E-state index contributed by atoms with van der Waals surface area (Å²) < 4.78 is 0. The van der Waals surface area contributed by atoms with Crippen molar-refractivity contribution >= 4 is 6.03 Å². The molecule has 1 heterocycles. The maximum absolute atomic E-state index is 12.4. The summed E-state index contributed by atoms with van der Waals surface area (Å²) in [5, 5.41) is 3.11. The number of hydrogen-bond donors (Lipinski definition) is 1. The molecule has 1 atom stereocenters. The third-order valence-corrected chi connectivity index (χ3v) is 4.78. The van der Waals surface area contributed by atoms with E-state index in [0.717, 1.165) is 39.1 Å². The van der Waals surface area contributed by atoms with E-state index in [4.69, 9.17) is 0 Å². The molecule has 4 nitrogen and oxygen atoms in total. The van der Waals surface area contributed by atoms with E-state index in [-0.39, 0.29) is 6.03 Å². The van der Waals surface area contributed by atoms with Gasteiger partial charge in [0.1, 0.15) is 0 Å². The van der Waals surface area contributed by atoms with Crippen molar-refractivity contribution < 1.29 is 4.79 Å². The molecule has 0 spiro atoms. The molecule has 1 aromatic carbocycles. The van der Waals surface area contributed by atoms with E-state index < -0.39 is 0 Å². The van der Waals surface area contributed by atoms with Gasteiger partial charge in [-0.25, -0.2) is 4.79 Å². The summed E-state index contributed by atoms with van der Waals surface area (Å²) >= 11 is 0. The molecule has 1 N–H and O–H groups in total. The highest BCUT2D eigenvalue weighted by Gasteiger charge is 2.20. The molecule has 0 saturated carbocycles. The highest BCUT2D eigenvalue weighted by molar-refractivity contribution is 5.74. The SMILES string of the molecule is CCN(CC)Cc1ccccc1CNC(=O)N1CCCC(C)C1. The average molecular weight is 317 g/mol. The van der Waals surface area contributed by atoms with E-state index in [9.17, 15) is 4.79 Å². The van der Waals surface area contributed by atoms with E-state index in [1.165, 1.54) is 17.5 Å². The van der Waals surface area contributed by atoms with Crippen LogP contribution < -0.4 is 5.32 Å². The molecule has 128 valence electrons. The topological polar surface area (TPSA) is 35.6 Å². The molecular weight excluding hydrogens is 286 g/mol. The zero-order chi connectivity index (χ0) is 16.7. The lowest BCUT2D eigenvalue weighted by atomic mass is 10.0. The van der Waals surface area contributed by atoms with Crippen LogP contribution in [0, 0.1) is 5.92 Å². The van der Waals surface area contributed by atoms with Crippen LogP contribution in [-0.4, -0.2) is 42.0 Å². The molecule has 0 bridgehead atoms. The maximum atomic E-state index is 12.4. The smallest absolute Gasteiger partial charge is 0.317 e. The van der Waals surface area contributed by atoms with E-state index in [0.29, 0.717) is 12.5 Å². The van der Waals surface area contributed by atoms with Gasteiger partial charge in [0.15, 0.2) is 0 Å². The standard InChI is InChI=1S/C19H31N3O/c1-4-21(5-2)15-18-11-7-6-10-17(18)13-20-19(23)22-12-8-9-16(3)14-22/h6-7,10-11,16H,4-5,8-9,12-15H2,1-3H3,(H,20,23). The van der Waals surface area contributed by atoms with Gasteiger partial charge in [0.2, 0.25) is 0 Å². The number of benzene rings is 1. The number of nitrogens with one attached hydrogen (secondary N) is 1. The van der Waals surface area contributed by atoms with Crippen molar-refractivity contribution in [2.24, 2.45) is 5.92 Å². The number of carbonyl (C=O) groups excluding carboxylic acids is 1. The van der Waals surface area contributed by atoms with Crippen molar-refractivity contribution in [3.8, 4) is 0 Å². The van der Waals surface area contributed by atoms with Crippen molar-refractivity contribution in [2.75, 3.05) is 26.2 Å². The van der Waals surface area contributed by atoms with Crippen LogP contribution in [0.5, 0.6) is 0 Å². The maximum Gasteiger partial charge on any atom is 0.317 e. The zero-order valence-corrected chi connectivity index (χ0v) is 14.8. The van der Waals surface area contributed by atoms with Gasteiger partial charge in [0.25, 0.3) is 0 Å². The van der Waals surface area contributed by atoms with Crippen molar-refractivity contribution in [1.29, 1.82) is 0 Å². The number of nitrogens with zero attached hydrogens (tertiary/aromatic N) is 2. The Balaban J connectivity index is 1.93. The van der Waals surface area contributed by atoms with Crippen molar-refractivity contribution in [2.45, 2.75) is 46.7 Å². The predicted molar refractivity (Wildman–Crippen MR) is 95.3 cm³/mol. The average Bonchev–Trinajstić information content (AvgIpc) is 2.58. The summed E-state index contributed by atoms with van der Waals surface area (Å²) in [6.45, 7) is 12.0. The second kappa shape index (κ2) is 8.92. The Hall–Kier alpha value is -1.55. The van der Waals surface area contributed by atoms with Gasteiger partial charge in [-0.05, 0) is 43.0 Å². The van der Waals surface area contributed by atoms with Crippen LogP contribution in [0.2, 0.25) is 0 Å². The first kappa shape index (κ1) is 17.8. The van der Waals surface area contributed by atoms with Crippen LogP contribution in [0.15, 0.2) is 24.3 Å². The Labute approximate surface area is 140 Å². The van der Waals surface area contributed by atoms with E-state index >= 15 is 0 Å². The van der Waals surface area contributed by atoms with Crippen LogP contribution >= 0.6 is 0 Å². The van der Waals surface area contributed by atoms with Gasteiger partial charge in [0.05, 0.1) is 0 Å². The summed E-state index contributed by atoms with van der Waals surface area (Å²) in [7, 11) is 0. The molecule has 0 radical (unpaired) electrons. The Morgan fingerprint density at radius 1 is 1.26 bits per heavy atom. The fourth-order valence-electron chi connectivity index (χ4n) is 3.23. The van der Waals surface area contributed by atoms with E-state index in [1.807, 2.05) is 4.90 Å². The number of rotatable bonds is 6. The summed E-state index contributed by atoms with van der Waals surface area (Å²) in [4.78, 5) is 16.7. The number of amides is 2. The Kier molecular flexibility index (Phi) is 6.90. The monoisotopic (exact) mass is 317 g/mol. The number of hydrogen-bond acceptors (Lipinski definition) is 2. The van der Waals surface area contributed by atoms with Gasteiger partial charge in [-0.1, -0.05) is 45.0 Å². The Morgan fingerprint density at radius 3 is 2.61 bits per heavy atom. The molecular formula is C19H31N3O. The lowest BCUT2D eigenvalue weighted by molar-refractivity contribution is 0.169. The molecule has 4 heteroatoms. The summed E-state index contributed by atoms with van der Waals surface area (Å²) in [6, 6.07) is 8.50. The fourth-order valence-corrected chi connectivity index (χ4v) is 3.23. The second-order valence-electron chi connectivity index (χ2n) is 6.58. The van der Waals surface area contributed by atoms with Crippen molar-refractivity contribution in [3.63, 3.8) is 0 Å². The van der Waals surface area contributed by atoms with Gasteiger partial charge in [-0.15, -0.1) is 0 Å². The van der Waals surface area contributed by atoms with Crippen molar-refractivity contribution in [3.05, 3.63) is 35.4 Å². The van der Waals surface area contributed by atoms with Gasteiger partial charge < -0.3 is 10.2 Å². The van der Waals surface area contributed by atoms with Gasteiger partial charge in [-0.3, -0.25) is 4.90 Å². The van der Waals surface area contributed by atoms with Gasteiger partial charge >= 0.3 is 6.03 Å². The fraction of sp³-hybridized carbons (Fsp3) is 0.632. The number of piperidine rings is 1. The molecule has 23 heavy (non-hydrogen) atoms. The summed E-state index contributed by atoms with van der Waals surface area (Å²) in [5.41, 5.74) is 2.53. The number of likely N-dealkylation sites (tertiary alicyclic amines) is 1. The lowest BCUT2D eigenvalue weighted by Crippen LogP contribution is -2.44. The highest BCUT2D eigenvalue weighted by atomic mass is 16.2. The molecule has 1 aliphatic heterocycles.